The van der Waals surface area contributed by atoms with E-state index in [0.717, 1.165) is 44.4 Å². The summed E-state index contributed by atoms with van der Waals surface area (Å²) in [7, 11) is 0. The molecule has 0 amide bonds. The van der Waals surface area contributed by atoms with Crippen LogP contribution in [0.25, 0.3) is 21.9 Å². The van der Waals surface area contributed by atoms with Crippen molar-refractivity contribution in [3.63, 3.8) is 0 Å². The monoisotopic (exact) mass is 369 g/mol. The summed E-state index contributed by atoms with van der Waals surface area (Å²) in [4.78, 5) is 19.4. The molecule has 0 radical (unpaired) electrons. The second-order valence-corrected chi connectivity index (χ2v) is 6.91. The van der Waals surface area contributed by atoms with Gasteiger partial charge in [-0.2, -0.15) is 4.98 Å². The molecule has 2 aromatic carbocycles. The Bertz CT molecular complexity index is 1300. The number of rotatable bonds is 4. The number of fused-ring (bicyclic) bond motifs is 2. The quantitative estimate of drug-likeness (QED) is 0.382. The molecule has 0 aliphatic rings. The average molecular weight is 369 g/mol. The van der Waals surface area contributed by atoms with Crippen molar-refractivity contribution in [3.8, 4) is 0 Å². The third-order valence-electron chi connectivity index (χ3n) is 4.78. The van der Waals surface area contributed by atoms with E-state index >= 15 is 0 Å². The number of aryl methyl sites for hydroxylation is 1. The van der Waals surface area contributed by atoms with Crippen LogP contribution in [0.3, 0.4) is 0 Å². The fourth-order valence-corrected chi connectivity index (χ4v) is 3.46. The lowest BCUT2D eigenvalue weighted by molar-refractivity contribution is 1.09. The second-order valence-electron chi connectivity index (χ2n) is 6.91. The predicted molar refractivity (Wildman–Crippen MR) is 112 cm³/mol. The van der Waals surface area contributed by atoms with E-state index in [4.69, 9.17) is 5.73 Å². The van der Waals surface area contributed by atoms with Crippen molar-refractivity contribution in [1.29, 1.82) is 0 Å². The summed E-state index contributed by atoms with van der Waals surface area (Å²) < 4.78 is 0. The third kappa shape index (κ3) is 3.03. The molecule has 0 spiro atoms. The zero-order chi connectivity index (χ0) is 19.1. The summed E-state index contributed by atoms with van der Waals surface area (Å²) in [6.07, 6.45) is 4.15. The van der Waals surface area contributed by atoms with Gasteiger partial charge in [0.2, 0.25) is 5.95 Å². The predicted octanol–water partition coefficient (Wildman–Crippen LogP) is 4.06. The number of nitrogens with one attached hydrogen (secondary N) is 3. The highest BCUT2D eigenvalue weighted by Crippen LogP contribution is 2.26. The van der Waals surface area contributed by atoms with Crippen LogP contribution in [0, 0.1) is 6.92 Å². The van der Waals surface area contributed by atoms with Crippen LogP contribution in [0.4, 0.5) is 17.5 Å². The van der Waals surface area contributed by atoms with Gasteiger partial charge in [0, 0.05) is 40.5 Å². The minimum atomic E-state index is 0.243. The van der Waals surface area contributed by atoms with Gasteiger partial charge in [-0.25, -0.2) is 9.97 Å². The highest BCUT2D eigenvalue weighted by atomic mass is 15.1. The van der Waals surface area contributed by atoms with E-state index in [1.165, 1.54) is 0 Å². The van der Waals surface area contributed by atoms with Gasteiger partial charge in [-0.15, -0.1) is 0 Å². The number of nitrogen functional groups attached to an aromatic ring is 1. The summed E-state index contributed by atoms with van der Waals surface area (Å²) in [5, 5.41) is 4.55. The zero-order valence-electron chi connectivity index (χ0n) is 15.3. The van der Waals surface area contributed by atoms with Crippen molar-refractivity contribution in [2.75, 3.05) is 11.1 Å². The number of benzene rings is 2. The fourth-order valence-electron chi connectivity index (χ4n) is 3.46. The summed E-state index contributed by atoms with van der Waals surface area (Å²) in [6, 6.07) is 14.5. The second kappa shape index (κ2) is 6.38. The minimum Gasteiger partial charge on any atom is -0.368 e. The van der Waals surface area contributed by atoms with E-state index in [0.29, 0.717) is 12.2 Å². The van der Waals surface area contributed by atoms with Crippen LogP contribution in [-0.2, 0) is 6.42 Å². The molecule has 0 atom stereocenters. The lowest BCUT2D eigenvalue weighted by atomic mass is 10.1. The van der Waals surface area contributed by atoms with Crippen molar-refractivity contribution in [1.82, 2.24) is 24.9 Å². The van der Waals surface area contributed by atoms with Crippen LogP contribution >= 0.6 is 0 Å². The Balaban J connectivity index is 1.48. The Hall–Kier alpha value is -3.87. The van der Waals surface area contributed by atoms with Gasteiger partial charge in [0.15, 0.2) is 0 Å². The number of nitrogens with two attached hydrogens (primary N) is 1. The van der Waals surface area contributed by atoms with Gasteiger partial charge >= 0.3 is 0 Å². The summed E-state index contributed by atoms with van der Waals surface area (Å²) >= 11 is 0. The first-order chi connectivity index (χ1) is 13.6. The van der Waals surface area contributed by atoms with Crippen LogP contribution in [0.1, 0.15) is 16.8 Å². The van der Waals surface area contributed by atoms with Gasteiger partial charge in [-0.3, -0.25) is 0 Å². The molecule has 5 rings (SSSR count). The van der Waals surface area contributed by atoms with Crippen molar-refractivity contribution >= 4 is 39.4 Å². The molecule has 0 aliphatic carbocycles. The molecule has 3 heterocycles. The maximum atomic E-state index is 5.85. The number of hydrogen-bond donors (Lipinski definition) is 4. The Morgan fingerprint density at radius 3 is 2.86 bits per heavy atom. The Morgan fingerprint density at radius 1 is 1.04 bits per heavy atom. The summed E-state index contributed by atoms with van der Waals surface area (Å²) in [5.74, 6) is 0.953. The minimum absolute atomic E-state index is 0.243. The number of anilines is 3. The smallest absolute Gasteiger partial charge is 0.221 e. The van der Waals surface area contributed by atoms with Crippen LogP contribution < -0.4 is 11.1 Å². The van der Waals surface area contributed by atoms with E-state index in [1.54, 1.807) is 12.5 Å². The highest BCUT2D eigenvalue weighted by molar-refractivity contribution is 5.85. The molecule has 0 unspecified atom stereocenters. The molecule has 5 aromatic rings. The first-order valence-corrected chi connectivity index (χ1v) is 9.04. The maximum absolute atomic E-state index is 5.85. The van der Waals surface area contributed by atoms with E-state index in [1.807, 2.05) is 19.1 Å². The van der Waals surface area contributed by atoms with Gasteiger partial charge in [0.1, 0.15) is 5.82 Å². The molecule has 138 valence electrons. The molecular weight excluding hydrogens is 350 g/mol. The number of nitrogens with zero attached hydrogens (tertiary/aromatic N) is 3. The van der Waals surface area contributed by atoms with Crippen LogP contribution in [-0.4, -0.2) is 24.9 Å². The van der Waals surface area contributed by atoms with E-state index in [-0.39, 0.29) is 5.95 Å². The molecule has 0 saturated carbocycles. The topological polar surface area (TPSA) is 108 Å². The number of H-pyrrole nitrogens is 2. The molecule has 28 heavy (non-hydrogen) atoms. The van der Waals surface area contributed by atoms with Gasteiger partial charge in [-0.05, 0) is 48.9 Å². The highest BCUT2D eigenvalue weighted by Gasteiger charge is 2.10. The van der Waals surface area contributed by atoms with Crippen LogP contribution in [0.5, 0.6) is 0 Å². The first kappa shape index (κ1) is 16.3. The Kier molecular flexibility index (Phi) is 3.72. The first-order valence-electron chi connectivity index (χ1n) is 9.04. The normalized spacial score (nSPS) is 11.3. The Labute approximate surface area is 161 Å². The summed E-state index contributed by atoms with van der Waals surface area (Å²) in [5.41, 5.74) is 13.1. The SMILES string of the molecule is Cc1cc2cc(Nc3nc(N)ncc3Cc3ccc4[nH]cnc4c3)ccc2[nH]1. The van der Waals surface area contributed by atoms with Crippen molar-refractivity contribution in [2.45, 2.75) is 13.3 Å². The van der Waals surface area contributed by atoms with Gasteiger partial charge in [0.05, 0.1) is 17.4 Å². The van der Waals surface area contributed by atoms with E-state index in [9.17, 15) is 0 Å². The molecule has 7 heteroatoms. The van der Waals surface area contributed by atoms with Crippen molar-refractivity contribution < 1.29 is 0 Å². The lowest BCUT2D eigenvalue weighted by Crippen LogP contribution is -2.04. The molecule has 0 aliphatic heterocycles. The van der Waals surface area contributed by atoms with Gasteiger partial charge < -0.3 is 21.0 Å². The molecular formula is C21H19N7. The average Bonchev–Trinajstić information content (AvgIpc) is 3.28. The molecule has 5 N–H and O–H groups in total. The van der Waals surface area contributed by atoms with Crippen LogP contribution in [0.15, 0.2) is 55.0 Å². The van der Waals surface area contributed by atoms with Crippen molar-refractivity contribution in [3.05, 3.63) is 71.8 Å². The third-order valence-corrected chi connectivity index (χ3v) is 4.78. The molecule has 0 bridgehead atoms. The molecule has 7 nitrogen and oxygen atoms in total. The van der Waals surface area contributed by atoms with Gasteiger partial charge in [-0.1, -0.05) is 6.07 Å². The number of imidazole rings is 1. The standard InChI is InChI=1S/C21H19N7/c1-12-6-14-9-16(3-5-17(14)26-12)27-20-15(10-23-21(22)28-20)7-13-2-4-18-19(8-13)25-11-24-18/h2-6,8-11,26H,7H2,1H3,(H,24,25)(H3,22,23,27,28). The fraction of sp³-hybridized carbons (Fsp3) is 0.0952. The summed E-state index contributed by atoms with van der Waals surface area (Å²) in [6.45, 7) is 2.05. The Morgan fingerprint density at radius 2 is 1.93 bits per heavy atom. The number of aromatic nitrogens is 5. The van der Waals surface area contributed by atoms with Crippen LogP contribution in [0.2, 0.25) is 0 Å². The molecule has 3 aromatic heterocycles. The lowest BCUT2D eigenvalue weighted by Gasteiger charge is -2.12. The van der Waals surface area contributed by atoms with E-state index in [2.05, 4.69) is 60.6 Å². The molecule has 0 fully saturated rings. The largest absolute Gasteiger partial charge is 0.368 e. The molecule has 0 saturated heterocycles. The zero-order valence-corrected chi connectivity index (χ0v) is 15.3. The van der Waals surface area contributed by atoms with Crippen molar-refractivity contribution in [2.24, 2.45) is 0 Å². The number of aromatic amines is 2. The van der Waals surface area contributed by atoms with Gasteiger partial charge in [0.25, 0.3) is 0 Å². The maximum Gasteiger partial charge on any atom is 0.221 e. The van der Waals surface area contributed by atoms with E-state index < -0.39 is 0 Å². The number of hydrogen-bond acceptors (Lipinski definition) is 5.